The number of aromatic nitrogens is 6. The van der Waals surface area contributed by atoms with E-state index in [9.17, 15) is 101 Å². The molecule has 7 aliphatic rings. The van der Waals surface area contributed by atoms with E-state index in [1.54, 1.807) is 96.5 Å². The zero-order valence-corrected chi connectivity index (χ0v) is 77.4. The number of aryl methyl sites for hydroxylation is 6. The van der Waals surface area contributed by atoms with Gasteiger partial charge in [0.25, 0.3) is 11.8 Å². The van der Waals surface area contributed by atoms with Crippen molar-refractivity contribution < 1.29 is 125 Å². The summed E-state index contributed by atoms with van der Waals surface area (Å²) in [6.45, 7) is 11.9. The van der Waals surface area contributed by atoms with Crippen LogP contribution in [0.4, 0.5) is 89.3 Å². The molecule has 1 aliphatic carbocycles. The summed E-state index contributed by atoms with van der Waals surface area (Å²) in [7, 11) is 3.14. The molecule has 7 fully saturated rings. The van der Waals surface area contributed by atoms with Crippen LogP contribution in [0.1, 0.15) is 177 Å². The summed E-state index contributed by atoms with van der Waals surface area (Å²) < 4.78 is 205. The van der Waals surface area contributed by atoms with E-state index in [2.05, 4.69) is 24.9 Å². The van der Waals surface area contributed by atoms with Gasteiger partial charge in [-0.3, -0.25) is 24.3 Å². The smallest absolute Gasteiger partial charge is 0.416 e. The monoisotopic (exact) mass is 1960 g/mol. The van der Waals surface area contributed by atoms with Gasteiger partial charge in [0.05, 0.1) is 122 Å². The number of halogens is 14. The van der Waals surface area contributed by atoms with Gasteiger partial charge in [-0.05, 0) is 228 Å². The summed E-state index contributed by atoms with van der Waals surface area (Å²) in [5, 5.41) is 28.3. The van der Waals surface area contributed by atoms with Crippen LogP contribution in [-0.4, -0.2) is 186 Å². The fraction of sp³-hybridized carbons (Fsp3) is 0.394. The molecule has 40 heteroatoms. The minimum Gasteiger partial charge on any atom is -0.496 e. The molecule has 139 heavy (non-hydrogen) atoms. The van der Waals surface area contributed by atoms with E-state index in [4.69, 9.17) is 40.3 Å². The number of alkyl halides is 13. The number of rotatable bonds is 24. The Labute approximate surface area is 794 Å². The Morgan fingerprint density at radius 3 is 1.29 bits per heavy atom. The van der Waals surface area contributed by atoms with Gasteiger partial charge in [-0.2, -0.15) is 39.5 Å². The van der Waals surface area contributed by atoms with Gasteiger partial charge in [0.1, 0.15) is 24.1 Å². The molecule has 0 unspecified atom stereocenters. The Hall–Kier alpha value is -13.5. The second kappa shape index (κ2) is 39.4. The molecule has 3 N–H and O–H groups in total. The Bertz CT molecular complexity index is 6400. The van der Waals surface area contributed by atoms with Crippen molar-refractivity contribution in [3.8, 4) is 50.3 Å². The topological polar surface area (TPSA) is 306 Å². The number of methoxy groups -OCH3 is 2. The average molecular weight is 1960 g/mol. The molecule has 734 valence electrons. The van der Waals surface area contributed by atoms with E-state index < -0.39 is 146 Å². The third-order valence-corrected chi connectivity index (χ3v) is 26.3. The second-order valence-corrected chi connectivity index (χ2v) is 36.5. The highest BCUT2D eigenvalue weighted by molar-refractivity contribution is 6.33. The average Bonchev–Trinajstić information content (AvgIpc) is 1.36. The minimum atomic E-state index is -4.59. The number of nitrogens with zero attached hydrogens (tertiary/aromatic N) is 12. The minimum absolute atomic E-state index is 0.0245. The molecule has 6 aliphatic heterocycles. The number of carboxylic acids is 3. The summed E-state index contributed by atoms with van der Waals surface area (Å²) in [5.74, 6) is -7.80. The molecule has 0 bridgehead atoms. The lowest BCUT2D eigenvalue weighted by atomic mass is 9.78. The van der Waals surface area contributed by atoms with Crippen molar-refractivity contribution in [3.05, 3.63) is 246 Å². The zero-order valence-electron chi connectivity index (χ0n) is 76.6. The van der Waals surface area contributed by atoms with Crippen LogP contribution in [0, 0.1) is 40.5 Å². The van der Waals surface area contributed by atoms with Crippen molar-refractivity contribution in [2.75, 3.05) is 68.2 Å². The van der Waals surface area contributed by atoms with Crippen molar-refractivity contribution in [1.29, 1.82) is 0 Å². The van der Waals surface area contributed by atoms with Gasteiger partial charge in [0.15, 0.2) is 0 Å². The highest BCUT2D eigenvalue weighted by Gasteiger charge is 2.50. The number of anilines is 3. The first kappa shape index (κ1) is 100. The van der Waals surface area contributed by atoms with Gasteiger partial charge in [-0.15, -0.1) is 0 Å². The third-order valence-electron chi connectivity index (χ3n) is 26.0. The molecule has 0 radical (unpaired) electrons. The van der Waals surface area contributed by atoms with Crippen LogP contribution >= 0.6 is 11.6 Å². The molecule has 9 heterocycles. The zero-order chi connectivity index (χ0) is 100. The molecule has 1 saturated carbocycles. The number of aliphatic carboxylic acids is 2. The lowest BCUT2D eigenvalue weighted by Crippen LogP contribution is -2.57. The number of benzene rings is 7. The van der Waals surface area contributed by atoms with E-state index in [0.717, 1.165) is 69.8 Å². The fourth-order valence-electron chi connectivity index (χ4n) is 18.4. The van der Waals surface area contributed by atoms with Crippen LogP contribution in [0.25, 0.3) is 44.5 Å². The van der Waals surface area contributed by atoms with Gasteiger partial charge >= 0.3 is 54.7 Å². The Morgan fingerprint density at radius 1 is 0.468 bits per heavy atom. The lowest BCUT2D eigenvalue weighted by Gasteiger charge is -2.38. The maximum absolute atomic E-state index is 13.8. The second-order valence-electron chi connectivity index (χ2n) is 36.1. The van der Waals surface area contributed by atoms with Crippen molar-refractivity contribution in [2.24, 2.45) is 5.92 Å². The lowest BCUT2D eigenvalue weighted by molar-refractivity contribution is -0.143. The highest BCUT2D eigenvalue weighted by Crippen LogP contribution is 2.48. The van der Waals surface area contributed by atoms with Crippen LogP contribution in [0.2, 0.25) is 5.02 Å². The van der Waals surface area contributed by atoms with Crippen LogP contribution in [0.3, 0.4) is 0 Å². The molecule has 7 aromatic carbocycles. The summed E-state index contributed by atoms with van der Waals surface area (Å²) in [6.07, 6.45) is -11.5. The summed E-state index contributed by atoms with van der Waals surface area (Å²) in [5.41, 5.74) is 8.70. The number of amides is 3. The largest absolute Gasteiger partial charge is 0.496 e. The van der Waals surface area contributed by atoms with E-state index in [0.29, 0.717) is 129 Å². The molecule has 17 rings (SSSR count). The van der Waals surface area contributed by atoms with E-state index in [1.807, 2.05) is 48.2 Å². The number of carbonyl (C=O) groups excluding carboxylic acids is 3. The molecule has 6 saturated heterocycles. The first-order valence-electron chi connectivity index (χ1n) is 44.4. The normalized spacial score (nSPS) is 20.6. The number of cyclic esters (lactones) is 3. The highest BCUT2D eigenvalue weighted by atomic mass is 35.5. The molecule has 6 atom stereocenters. The van der Waals surface area contributed by atoms with E-state index in [-0.39, 0.29) is 78.1 Å². The summed E-state index contributed by atoms with van der Waals surface area (Å²) in [4.78, 5) is 110. The van der Waals surface area contributed by atoms with Gasteiger partial charge in [-0.1, -0.05) is 76.8 Å². The maximum atomic E-state index is 13.8. The van der Waals surface area contributed by atoms with Gasteiger partial charge in [0, 0.05) is 78.1 Å². The Balaban J connectivity index is 0.000000158. The molecule has 26 nitrogen and oxygen atoms in total. The SMILES string of the molecule is COc1ccc(CCC(=O)O)cc1-c1cnc(N2CC(OC)C2)nc1CN1C(=O)O[C@H](c2cc(C)cc(C(F)(F)F)c2)[C@@H]1C.Cc1cc([C@H]2OC(=O)N(Cc3nc(N4CC(F)(F)C4)ncc3-c3cc(-c4ccc(C(=O)O)cc4C)ccc3C)[C@H]2C)cc(C(F)(F)F)c1.Cc1cc([C@H]2OC(=O)N(Cc3nc(N4CC(F)(F)C4)ncc3-c3cc(C4CCC(C(=O)O)CC4)ccc3Cl)[C@H]2C)cc(C(F)(F)F)c1. The predicted octanol–water partition coefficient (Wildman–Crippen LogP) is 21.4. The number of hydrogen-bond donors (Lipinski definition) is 3. The molecule has 3 amide bonds. The van der Waals surface area contributed by atoms with Gasteiger partial charge in [-0.25, -0.2) is 66.6 Å². The number of ether oxygens (including phenoxy) is 5. The van der Waals surface area contributed by atoms with Gasteiger partial charge in [0.2, 0.25) is 17.8 Å². The summed E-state index contributed by atoms with van der Waals surface area (Å²) >= 11 is 6.69. The molecular weight excluding hydrogens is 1860 g/mol. The summed E-state index contributed by atoms with van der Waals surface area (Å²) in [6, 6.07) is 30.0. The van der Waals surface area contributed by atoms with Crippen LogP contribution < -0.4 is 19.4 Å². The quantitative estimate of drug-likeness (QED) is 0.0374. The van der Waals surface area contributed by atoms with Crippen LogP contribution in [0.15, 0.2) is 146 Å². The van der Waals surface area contributed by atoms with Crippen molar-refractivity contribution >= 4 is 65.6 Å². The molecule has 10 aromatic rings. The number of hydrogen-bond acceptors (Lipinski definition) is 20. The number of carbonyl (C=O) groups is 6. The maximum Gasteiger partial charge on any atom is 0.416 e. The predicted molar refractivity (Wildman–Crippen MR) is 483 cm³/mol. The first-order chi connectivity index (χ1) is 65.5. The fourth-order valence-corrected chi connectivity index (χ4v) is 18.6. The van der Waals surface area contributed by atoms with E-state index >= 15 is 0 Å². The number of carboxylic acid groups (broad SMARTS) is 3. The van der Waals surface area contributed by atoms with Crippen molar-refractivity contribution in [1.82, 2.24) is 44.6 Å². The molecule has 3 aromatic heterocycles. The molecule has 0 spiro atoms. The number of aromatic carboxylic acids is 1. The van der Waals surface area contributed by atoms with Gasteiger partial charge < -0.3 is 53.7 Å². The Kier molecular flexibility index (Phi) is 28.4. The Morgan fingerprint density at radius 2 is 0.899 bits per heavy atom. The first-order valence-corrected chi connectivity index (χ1v) is 44.8. The molecular formula is C99H96ClF13N12O14. The van der Waals surface area contributed by atoms with E-state index in [1.165, 1.54) is 63.9 Å². The van der Waals surface area contributed by atoms with Crippen molar-refractivity contribution in [3.63, 3.8) is 0 Å². The van der Waals surface area contributed by atoms with Crippen LogP contribution in [-0.2, 0) is 73.1 Å². The third kappa shape index (κ3) is 22.2. The standard InChI is InChI=1S/C35H31F5N4O4.C33H32ClF5N4O4.C31H33F3N4O6/c1-18-9-24(12-25(10-18)35(38,39)40)30-21(4)44(33(47)48-30)15-29-28(14-41-32(42-29)43-16-34(36,37)17-43)27-13-22(6-5-19(27)2)26-8-7-23(31(45)46)11-20(26)3;1-17-9-22(11-23(10-17)33(37,38)39)28-18(2)43(31(46)47-28)14-27-25(13-40-30(41-27)42-15-32(35,36)16-42)24-12-21(7-8-26(24)34)19-3-5-20(6-4-19)29(44)45;1-17-9-20(12-21(10-17)31(32,33)34)28-18(2)38(30(41)44-28)16-25-24(13-35-29(36-25)37-14-22(15-37)42-3)23-11-19(6-8-27(39)40)5-7-26(23)43-4/h5-14,21,30H,15-17H2,1-4H3,(H,45,46);7-13,18-20,28H,3-6,14-16H2,1-2H3,(H,44,45);5,7,9-13,18,22,28H,6,8,14-16H2,1-4H3,(H,39,40)/t21-,30-;18-,19?,20?,28-;18-,28-/m000/s1. The van der Waals surface area contributed by atoms with Crippen molar-refractivity contribution in [2.45, 2.75) is 192 Å². The van der Waals surface area contributed by atoms with Crippen LogP contribution in [0.5, 0.6) is 5.75 Å².